The van der Waals surface area contributed by atoms with Gasteiger partial charge in [-0.1, -0.05) is 12.1 Å². The van der Waals surface area contributed by atoms with E-state index in [9.17, 15) is 9.59 Å². The van der Waals surface area contributed by atoms with Crippen LogP contribution in [-0.4, -0.2) is 18.9 Å². The normalized spacial score (nSPS) is 12.9. The Bertz CT molecular complexity index is 415. The van der Waals surface area contributed by atoms with Gasteiger partial charge in [0.25, 0.3) is 0 Å². The molecular formula is C11H12N2O2. The number of imide groups is 1. The van der Waals surface area contributed by atoms with Crippen molar-refractivity contribution in [1.29, 1.82) is 0 Å². The molecule has 1 aromatic rings. The third kappa shape index (κ3) is 1.58. The SMILES string of the molecule is CC(=O)N(C=O)c1cccc2c1NCC2. The minimum atomic E-state index is -0.271. The van der Waals surface area contributed by atoms with Crippen LogP contribution in [0.15, 0.2) is 18.2 Å². The fourth-order valence-corrected chi connectivity index (χ4v) is 1.82. The molecule has 1 aliphatic heterocycles. The molecule has 1 heterocycles. The fourth-order valence-electron chi connectivity index (χ4n) is 1.82. The van der Waals surface area contributed by atoms with Crippen LogP contribution in [0, 0.1) is 0 Å². The summed E-state index contributed by atoms with van der Waals surface area (Å²) in [6, 6.07) is 5.63. The summed E-state index contributed by atoms with van der Waals surface area (Å²) in [4.78, 5) is 23.2. The molecule has 4 nitrogen and oxygen atoms in total. The predicted molar refractivity (Wildman–Crippen MR) is 57.9 cm³/mol. The molecule has 1 aliphatic rings. The molecule has 2 rings (SSSR count). The Balaban J connectivity index is 2.48. The van der Waals surface area contributed by atoms with Crippen molar-refractivity contribution in [3.05, 3.63) is 23.8 Å². The van der Waals surface area contributed by atoms with Crippen molar-refractivity contribution in [2.75, 3.05) is 16.8 Å². The number of amides is 2. The molecule has 78 valence electrons. The Hall–Kier alpha value is -1.84. The van der Waals surface area contributed by atoms with Crippen LogP contribution in [0.3, 0.4) is 0 Å². The van der Waals surface area contributed by atoms with Crippen molar-refractivity contribution in [2.45, 2.75) is 13.3 Å². The lowest BCUT2D eigenvalue weighted by Crippen LogP contribution is -2.27. The predicted octanol–water partition coefficient (Wildman–Crippen LogP) is 1.16. The zero-order chi connectivity index (χ0) is 10.8. The number of fused-ring (bicyclic) bond motifs is 1. The molecule has 1 N–H and O–H groups in total. The average Bonchev–Trinajstić information content (AvgIpc) is 2.66. The molecule has 0 saturated carbocycles. The van der Waals surface area contributed by atoms with Crippen molar-refractivity contribution in [3.63, 3.8) is 0 Å². The molecule has 4 heteroatoms. The zero-order valence-electron chi connectivity index (χ0n) is 8.49. The van der Waals surface area contributed by atoms with Crippen LogP contribution in [0.2, 0.25) is 0 Å². The molecule has 0 spiro atoms. The number of benzene rings is 1. The first-order valence-electron chi connectivity index (χ1n) is 4.85. The van der Waals surface area contributed by atoms with Gasteiger partial charge >= 0.3 is 0 Å². The highest BCUT2D eigenvalue weighted by Crippen LogP contribution is 2.32. The van der Waals surface area contributed by atoms with Crippen LogP contribution in [0.4, 0.5) is 11.4 Å². The molecule has 2 amide bonds. The lowest BCUT2D eigenvalue weighted by molar-refractivity contribution is -0.120. The highest BCUT2D eigenvalue weighted by Gasteiger charge is 2.19. The number of hydrogen-bond donors (Lipinski definition) is 1. The number of carbonyl (C=O) groups is 2. The van der Waals surface area contributed by atoms with Crippen molar-refractivity contribution >= 4 is 23.7 Å². The van der Waals surface area contributed by atoms with E-state index in [-0.39, 0.29) is 5.91 Å². The molecule has 0 radical (unpaired) electrons. The van der Waals surface area contributed by atoms with Crippen molar-refractivity contribution in [3.8, 4) is 0 Å². The number of hydrogen-bond acceptors (Lipinski definition) is 3. The third-order valence-electron chi connectivity index (χ3n) is 2.53. The first-order chi connectivity index (χ1) is 7.24. The molecular weight excluding hydrogens is 192 g/mol. The van der Waals surface area contributed by atoms with E-state index in [0.717, 1.165) is 29.1 Å². The second kappa shape index (κ2) is 3.73. The standard InChI is InChI=1S/C11H12N2O2/c1-8(15)13(7-14)10-4-2-3-9-5-6-12-11(9)10/h2-4,7,12H,5-6H2,1H3. The number of nitrogens with one attached hydrogen (secondary N) is 1. The Kier molecular flexibility index (Phi) is 2.41. The summed E-state index contributed by atoms with van der Waals surface area (Å²) in [5, 5.41) is 3.19. The van der Waals surface area contributed by atoms with E-state index in [1.807, 2.05) is 12.1 Å². The number of carbonyl (C=O) groups excluding carboxylic acids is 2. The fraction of sp³-hybridized carbons (Fsp3) is 0.273. The summed E-state index contributed by atoms with van der Waals surface area (Å²) in [5.74, 6) is -0.271. The molecule has 0 unspecified atom stereocenters. The monoisotopic (exact) mass is 204 g/mol. The Morgan fingerprint density at radius 3 is 3.00 bits per heavy atom. The van der Waals surface area contributed by atoms with Crippen LogP contribution < -0.4 is 10.2 Å². The van der Waals surface area contributed by atoms with Gasteiger partial charge < -0.3 is 5.32 Å². The number of para-hydroxylation sites is 1. The summed E-state index contributed by atoms with van der Waals surface area (Å²) in [6.45, 7) is 2.24. The van der Waals surface area contributed by atoms with Gasteiger partial charge in [-0.05, 0) is 18.1 Å². The van der Waals surface area contributed by atoms with Crippen LogP contribution in [0.5, 0.6) is 0 Å². The highest BCUT2D eigenvalue weighted by molar-refractivity contribution is 6.08. The van der Waals surface area contributed by atoms with E-state index in [1.54, 1.807) is 6.07 Å². The number of rotatable bonds is 2. The summed E-state index contributed by atoms with van der Waals surface area (Å²) < 4.78 is 0. The van der Waals surface area contributed by atoms with Gasteiger partial charge in [-0.3, -0.25) is 14.5 Å². The zero-order valence-corrected chi connectivity index (χ0v) is 8.49. The molecule has 1 aromatic carbocycles. The number of nitrogens with zero attached hydrogens (tertiary/aromatic N) is 1. The molecule has 0 aliphatic carbocycles. The maximum absolute atomic E-state index is 11.2. The van der Waals surface area contributed by atoms with Gasteiger partial charge in [0.2, 0.25) is 12.3 Å². The molecule has 0 fully saturated rings. The van der Waals surface area contributed by atoms with Crippen LogP contribution in [0.25, 0.3) is 0 Å². The summed E-state index contributed by atoms with van der Waals surface area (Å²) in [5.41, 5.74) is 2.70. The number of anilines is 2. The van der Waals surface area contributed by atoms with Crippen LogP contribution >= 0.6 is 0 Å². The van der Waals surface area contributed by atoms with Crippen LogP contribution in [-0.2, 0) is 16.0 Å². The quantitative estimate of drug-likeness (QED) is 0.735. The van der Waals surface area contributed by atoms with Gasteiger partial charge in [-0.25, -0.2) is 0 Å². The smallest absolute Gasteiger partial charge is 0.230 e. The maximum atomic E-state index is 11.2. The van der Waals surface area contributed by atoms with E-state index in [4.69, 9.17) is 0 Å². The minimum absolute atomic E-state index is 0.271. The maximum Gasteiger partial charge on any atom is 0.230 e. The van der Waals surface area contributed by atoms with Gasteiger partial charge in [0, 0.05) is 13.5 Å². The first kappa shape index (κ1) is 9.71. The Morgan fingerprint density at radius 2 is 2.33 bits per heavy atom. The highest BCUT2D eigenvalue weighted by atomic mass is 16.2. The average molecular weight is 204 g/mol. The van der Waals surface area contributed by atoms with E-state index < -0.39 is 0 Å². The minimum Gasteiger partial charge on any atom is -0.383 e. The Labute approximate surface area is 87.9 Å². The lowest BCUT2D eigenvalue weighted by Gasteiger charge is -2.16. The van der Waals surface area contributed by atoms with E-state index in [2.05, 4.69) is 5.32 Å². The second-order valence-electron chi connectivity index (χ2n) is 3.48. The summed E-state index contributed by atoms with van der Waals surface area (Å²) >= 11 is 0. The first-order valence-corrected chi connectivity index (χ1v) is 4.85. The van der Waals surface area contributed by atoms with Gasteiger partial charge in [0.15, 0.2) is 0 Å². The topological polar surface area (TPSA) is 49.4 Å². The molecule has 0 atom stereocenters. The van der Waals surface area contributed by atoms with E-state index in [0.29, 0.717) is 12.1 Å². The Morgan fingerprint density at radius 1 is 1.53 bits per heavy atom. The van der Waals surface area contributed by atoms with E-state index in [1.165, 1.54) is 6.92 Å². The lowest BCUT2D eigenvalue weighted by atomic mass is 10.1. The van der Waals surface area contributed by atoms with Crippen LogP contribution in [0.1, 0.15) is 12.5 Å². The molecule has 0 saturated heterocycles. The van der Waals surface area contributed by atoms with Gasteiger partial charge in [0.1, 0.15) is 0 Å². The van der Waals surface area contributed by atoms with Gasteiger partial charge in [-0.15, -0.1) is 0 Å². The van der Waals surface area contributed by atoms with Crippen molar-refractivity contribution in [1.82, 2.24) is 0 Å². The van der Waals surface area contributed by atoms with Gasteiger partial charge in [-0.2, -0.15) is 0 Å². The van der Waals surface area contributed by atoms with Crippen molar-refractivity contribution < 1.29 is 9.59 Å². The largest absolute Gasteiger partial charge is 0.383 e. The molecule has 0 aromatic heterocycles. The second-order valence-corrected chi connectivity index (χ2v) is 3.48. The van der Waals surface area contributed by atoms with Gasteiger partial charge in [0.05, 0.1) is 11.4 Å². The van der Waals surface area contributed by atoms with Crippen molar-refractivity contribution in [2.24, 2.45) is 0 Å². The summed E-state index contributed by atoms with van der Waals surface area (Å²) in [6.07, 6.45) is 1.49. The third-order valence-corrected chi connectivity index (χ3v) is 2.53. The molecule has 0 bridgehead atoms. The van der Waals surface area contributed by atoms with E-state index >= 15 is 0 Å². The summed E-state index contributed by atoms with van der Waals surface area (Å²) in [7, 11) is 0. The molecule has 15 heavy (non-hydrogen) atoms.